The van der Waals surface area contributed by atoms with Crippen molar-refractivity contribution >= 4 is 60.8 Å². The van der Waals surface area contributed by atoms with Crippen molar-refractivity contribution in [3.8, 4) is 17.2 Å². The van der Waals surface area contributed by atoms with Crippen LogP contribution in [0.15, 0.2) is 40.5 Å². The summed E-state index contributed by atoms with van der Waals surface area (Å²) in [7, 11) is 1.56. The number of hydrogen-bond acceptors (Lipinski definition) is 8. The Balaban J connectivity index is 1.72. The second-order valence-corrected chi connectivity index (χ2v) is 13.6. The number of thioether (sulfide) groups is 1. The molecule has 0 bridgehead atoms. The van der Waals surface area contributed by atoms with Crippen molar-refractivity contribution in [1.29, 1.82) is 5.26 Å². The van der Waals surface area contributed by atoms with Gasteiger partial charge in [-0.05, 0) is 44.0 Å². The average Bonchev–Trinajstić information content (AvgIpc) is 3.41. The van der Waals surface area contributed by atoms with Crippen molar-refractivity contribution in [3.05, 3.63) is 58.3 Å². The second kappa shape index (κ2) is 11.6. The molecule has 4 heterocycles. The summed E-state index contributed by atoms with van der Waals surface area (Å²) in [5.74, 6) is -0.464. The number of benzene rings is 2. The number of aromatic nitrogens is 2. The Bertz CT molecular complexity index is 2020. The summed E-state index contributed by atoms with van der Waals surface area (Å²) in [4.78, 5) is 34.4. The molecule has 1 fully saturated rings. The van der Waals surface area contributed by atoms with Crippen molar-refractivity contribution in [3.63, 3.8) is 0 Å². The van der Waals surface area contributed by atoms with Crippen LogP contribution < -0.4 is 15.9 Å². The maximum absolute atomic E-state index is 15.2. The third kappa shape index (κ3) is 4.82. The van der Waals surface area contributed by atoms with Gasteiger partial charge in [0.1, 0.15) is 22.7 Å². The first-order chi connectivity index (χ1) is 21.9. The molecule has 0 spiro atoms. The number of piperazine rings is 1. The van der Waals surface area contributed by atoms with Crippen LogP contribution in [-0.2, 0) is 11.0 Å². The van der Waals surface area contributed by atoms with Crippen LogP contribution in [0.4, 0.5) is 28.4 Å². The van der Waals surface area contributed by atoms with E-state index < -0.39 is 23.2 Å². The predicted octanol–water partition coefficient (Wildman–Crippen LogP) is 7.02. The van der Waals surface area contributed by atoms with E-state index in [2.05, 4.69) is 22.9 Å². The molecule has 4 aromatic rings. The molecule has 2 aromatic carbocycles. The number of alkyl halides is 3. The largest absolute Gasteiger partial charge is 0.417 e. The van der Waals surface area contributed by atoms with E-state index in [0.29, 0.717) is 22.7 Å². The standard InChI is InChI=1S/C32H30F4N6O2S2/c1-6-17-14-45-28-25(18-8-9-22(33)27-24(18)20(11-37)30(38-5)46-27)21(32(34,35)36)10-19-26(28)42(17)31(44)39-29(19)40-12-15(3)41(16(4)13-40)23(43)7-2/h7-10,15-17,38H,2,6,12-14H2,1,3-5H3/t15-,16+,17?. The molecule has 0 aliphatic carbocycles. The fourth-order valence-corrected chi connectivity index (χ4v) is 9.31. The smallest absolute Gasteiger partial charge is 0.379 e. The molecule has 6 rings (SSSR count). The molecule has 1 unspecified atom stereocenters. The molecule has 2 aliphatic rings. The lowest BCUT2D eigenvalue weighted by molar-refractivity contribution is -0.137. The lowest BCUT2D eigenvalue weighted by Crippen LogP contribution is -2.58. The van der Waals surface area contributed by atoms with Crippen molar-refractivity contribution in [1.82, 2.24) is 14.5 Å². The first-order valence-corrected chi connectivity index (χ1v) is 16.5. The molecule has 14 heteroatoms. The summed E-state index contributed by atoms with van der Waals surface area (Å²) < 4.78 is 62.3. The number of carbonyl (C=O) groups is 1. The van der Waals surface area contributed by atoms with Gasteiger partial charge in [0.2, 0.25) is 5.91 Å². The summed E-state index contributed by atoms with van der Waals surface area (Å²) in [6.07, 6.45) is -3.08. The third-order valence-electron chi connectivity index (χ3n) is 8.75. The Hall–Kier alpha value is -4.09. The fourth-order valence-electron chi connectivity index (χ4n) is 6.82. The van der Waals surface area contributed by atoms with E-state index in [1.54, 1.807) is 16.8 Å². The highest BCUT2D eigenvalue weighted by atomic mass is 32.2. The minimum Gasteiger partial charge on any atom is -0.379 e. The van der Waals surface area contributed by atoms with Crippen LogP contribution in [-0.4, -0.2) is 58.3 Å². The zero-order valence-corrected chi connectivity index (χ0v) is 27.1. The van der Waals surface area contributed by atoms with Crippen molar-refractivity contribution in [2.45, 2.75) is 56.4 Å². The van der Waals surface area contributed by atoms with Crippen LogP contribution in [0.3, 0.4) is 0 Å². The summed E-state index contributed by atoms with van der Waals surface area (Å²) >= 11 is 2.18. The molecule has 3 atom stereocenters. The topological polar surface area (TPSA) is 94.3 Å². The van der Waals surface area contributed by atoms with Gasteiger partial charge in [0, 0.05) is 65.2 Å². The number of anilines is 2. The molecular weight excluding hydrogens is 641 g/mol. The number of rotatable bonds is 5. The highest BCUT2D eigenvalue weighted by Crippen LogP contribution is 2.53. The first kappa shape index (κ1) is 31.9. The number of carbonyl (C=O) groups excluding carboxylic acids is 1. The van der Waals surface area contributed by atoms with Gasteiger partial charge in [-0.3, -0.25) is 9.36 Å². The van der Waals surface area contributed by atoms with Crippen LogP contribution in [0.1, 0.15) is 44.4 Å². The van der Waals surface area contributed by atoms with Gasteiger partial charge in [0.25, 0.3) is 0 Å². The molecule has 2 aliphatic heterocycles. The molecule has 2 aromatic heterocycles. The number of thiophene rings is 1. The highest BCUT2D eigenvalue weighted by Gasteiger charge is 2.41. The Morgan fingerprint density at radius 2 is 1.96 bits per heavy atom. The molecular formula is C32H30F4N6O2S2. The van der Waals surface area contributed by atoms with Crippen molar-refractivity contribution in [2.75, 3.05) is 36.1 Å². The van der Waals surface area contributed by atoms with Gasteiger partial charge in [-0.25, -0.2) is 9.18 Å². The van der Waals surface area contributed by atoms with Gasteiger partial charge in [-0.1, -0.05) is 19.6 Å². The number of nitrogens with zero attached hydrogens (tertiary/aromatic N) is 5. The summed E-state index contributed by atoms with van der Waals surface area (Å²) in [6.45, 7) is 9.62. The van der Waals surface area contributed by atoms with Crippen molar-refractivity contribution < 1.29 is 22.4 Å². The van der Waals surface area contributed by atoms with Gasteiger partial charge in [0.15, 0.2) is 0 Å². The molecule has 8 nitrogen and oxygen atoms in total. The van der Waals surface area contributed by atoms with Crippen molar-refractivity contribution in [2.24, 2.45) is 0 Å². The number of nitrogens with one attached hydrogen (secondary N) is 1. The van der Waals surface area contributed by atoms with Gasteiger partial charge in [-0.15, -0.1) is 23.1 Å². The maximum atomic E-state index is 15.2. The maximum Gasteiger partial charge on any atom is 0.417 e. The Morgan fingerprint density at radius 3 is 2.54 bits per heavy atom. The SMILES string of the molecule is C=CC(=O)N1[C@H](C)CN(c2nc(=O)n3c4c(c(-c5ccc(F)c6sc(NC)c(C#N)c56)c(C(F)(F)F)cc24)SCC3CC)C[C@@H]1C. The Kier molecular flexibility index (Phi) is 8.05. The molecule has 0 radical (unpaired) electrons. The van der Waals surface area contributed by atoms with Gasteiger partial charge >= 0.3 is 11.9 Å². The van der Waals surface area contributed by atoms with E-state index in [9.17, 15) is 14.9 Å². The minimum atomic E-state index is -4.86. The summed E-state index contributed by atoms with van der Waals surface area (Å²) in [5.41, 5.74) is -1.32. The Labute approximate surface area is 270 Å². The minimum absolute atomic E-state index is 0.0485. The number of amides is 1. The van der Waals surface area contributed by atoms with Crippen LogP contribution in [0.5, 0.6) is 0 Å². The zero-order chi connectivity index (χ0) is 33.2. The van der Waals surface area contributed by atoms with E-state index in [4.69, 9.17) is 0 Å². The van der Waals surface area contributed by atoms with E-state index >= 15 is 17.6 Å². The molecule has 1 saturated heterocycles. The van der Waals surface area contributed by atoms with E-state index in [-0.39, 0.29) is 80.0 Å². The number of halogens is 4. The monoisotopic (exact) mass is 670 g/mol. The molecule has 1 amide bonds. The zero-order valence-electron chi connectivity index (χ0n) is 25.5. The van der Waals surface area contributed by atoms with E-state index in [0.717, 1.165) is 23.5 Å². The lowest BCUT2D eigenvalue weighted by atomic mass is 9.92. The quantitative estimate of drug-likeness (QED) is 0.180. The van der Waals surface area contributed by atoms with Crippen LogP contribution >= 0.6 is 23.1 Å². The second-order valence-electron chi connectivity index (χ2n) is 11.5. The molecule has 0 saturated carbocycles. The number of hydrogen-bond donors (Lipinski definition) is 1. The number of fused-ring (bicyclic) bond motifs is 1. The van der Waals surface area contributed by atoms with E-state index in [1.807, 2.05) is 20.8 Å². The molecule has 46 heavy (non-hydrogen) atoms. The normalized spacial score (nSPS) is 19.8. The van der Waals surface area contributed by atoms with Crippen LogP contribution in [0.2, 0.25) is 0 Å². The van der Waals surface area contributed by atoms with Gasteiger partial charge < -0.3 is 15.1 Å². The molecule has 1 N–H and O–H groups in total. The summed E-state index contributed by atoms with van der Waals surface area (Å²) in [6, 6.07) is 4.50. The van der Waals surface area contributed by atoms with Gasteiger partial charge in [0.05, 0.1) is 21.3 Å². The Morgan fingerprint density at radius 1 is 1.26 bits per heavy atom. The van der Waals surface area contributed by atoms with Gasteiger partial charge in [-0.2, -0.15) is 23.4 Å². The first-order valence-electron chi connectivity index (χ1n) is 14.7. The lowest BCUT2D eigenvalue weighted by Gasteiger charge is -2.45. The summed E-state index contributed by atoms with van der Waals surface area (Å²) in [5, 5.41) is 13.5. The highest BCUT2D eigenvalue weighted by molar-refractivity contribution is 7.99. The van der Waals surface area contributed by atoms with Crippen LogP contribution in [0.25, 0.3) is 32.1 Å². The fraction of sp³-hybridized carbons (Fsp3) is 0.375. The number of nitriles is 1. The van der Waals surface area contributed by atoms with Crippen LogP contribution in [0, 0.1) is 17.1 Å². The average molecular weight is 671 g/mol. The van der Waals surface area contributed by atoms with E-state index in [1.165, 1.54) is 28.5 Å². The third-order valence-corrected chi connectivity index (χ3v) is 11.2. The predicted molar refractivity (Wildman–Crippen MR) is 174 cm³/mol. The molecule has 240 valence electrons.